The molecule has 7 heteroatoms. The molecule has 0 saturated carbocycles. The van der Waals surface area contributed by atoms with Crippen molar-refractivity contribution in [2.45, 2.75) is 19.4 Å². The first-order chi connectivity index (χ1) is 14.0. The molecule has 0 radical (unpaired) electrons. The van der Waals surface area contributed by atoms with Gasteiger partial charge in [0, 0.05) is 24.9 Å². The third kappa shape index (κ3) is 5.01. The summed E-state index contributed by atoms with van der Waals surface area (Å²) in [4.78, 5) is 37.9. The fourth-order valence-electron chi connectivity index (χ4n) is 3.17. The molecule has 0 aliphatic carbocycles. The van der Waals surface area contributed by atoms with E-state index in [9.17, 15) is 14.4 Å². The van der Waals surface area contributed by atoms with Gasteiger partial charge in [0.1, 0.15) is 5.75 Å². The van der Waals surface area contributed by atoms with Gasteiger partial charge in [0.2, 0.25) is 5.91 Å². The molecule has 1 aliphatic heterocycles. The summed E-state index contributed by atoms with van der Waals surface area (Å²) in [7, 11) is 1.53. The van der Waals surface area contributed by atoms with Gasteiger partial charge in [-0.1, -0.05) is 30.3 Å². The van der Waals surface area contributed by atoms with Gasteiger partial charge in [-0.3, -0.25) is 14.4 Å². The van der Waals surface area contributed by atoms with Gasteiger partial charge in [0.05, 0.1) is 19.6 Å². The number of fused-ring (bicyclic) bond motifs is 1. The number of nitrogens with zero attached hydrogens (tertiary/aromatic N) is 1. The zero-order valence-corrected chi connectivity index (χ0v) is 16.3. The van der Waals surface area contributed by atoms with Crippen LogP contribution in [-0.2, 0) is 19.1 Å². The highest BCUT2D eigenvalue weighted by molar-refractivity contribution is 5.93. The number of ether oxygens (including phenoxy) is 2. The lowest BCUT2D eigenvalue weighted by Gasteiger charge is -2.32. The van der Waals surface area contributed by atoms with Crippen molar-refractivity contribution in [2.24, 2.45) is 0 Å². The smallest absolute Gasteiger partial charge is 0.308 e. The number of esters is 1. The molecular weight excluding hydrogens is 372 g/mol. The first kappa shape index (κ1) is 20.1. The van der Waals surface area contributed by atoms with Crippen molar-refractivity contribution in [1.82, 2.24) is 4.90 Å². The minimum absolute atomic E-state index is 0.0482. The summed E-state index contributed by atoms with van der Waals surface area (Å²) >= 11 is 0. The van der Waals surface area contributed by atoms with Crippen LogP contribution in [0, 0.1) is 0 Å². The van der Waals surface area contributed by atoms with Crippen LogP contribution in [0.1, 0.15) is 30.5 Å². The van der Waals surface area contributed by atoms with E-state index in [1.807, 2.05) is 30.3 Å². The Kier molecular flexibility index (Phi) is 6.29. The van der Waals surface area contributed by atoms with Gasteiger partial charge in [-0.05, 0) is 29.3 Å². The summed E-state index contributed by atoms with van der Waals surface area (Å²) in [6, 6.07) is 13.9. The van der Waals surface area contributed by atoms with Crippen LogP contribution in [0.4, 0.5) is 5.69 Å². The lowest BCUT2D eigenvalue weighted by Crippen LogP contribution is -2.33. The lowest BCUT2D eigenvalue weighted by atomic mass is 9.94. The maximum absolute atomic E-state index is 12.4. The number of nitrogens with one attached hydrogen (secondary N) is 1. The Bertz CT molecular complexity index is 954. The Labute approximate surface area is 168 Å². The van der Waals surface area contributed by atoms with Crippen molar-refractivity contribution < 1.29 is 23.9 Å². The average Bonchev–Trinajstić information content (AvgIpc) is 2.72. The second-order valence-corrected chi connectivity index (χ2v) is 6.53. The molecule has 1 heterocycles. The summed E-state index contributed by atoms with van der Waals surface area (Å²) in [5.74, 6) is -0.594. The zero-order valence-electron chi connectivity index (χ0n) is 16.3. The highest BCUT2D eigenvalue weighted by Crippen LogP contribution is 2.33. The molecule has 0 unspecified atom stereocenters. The molecule has 0 spiro atoms. The van der Waals surface area contributed by atoms with Gasteiger partial charge in [-0.25, -0.2) is 0 Å². The number of amides is 2. The quantitative estimate of drug-likeness (QED) is 0.761. The number of rotatable bonds is 6. The summed E-state index contributed by atoms with van der Waals surface area (Å²) in [5.41, 5.74) is 2.35. The second-order valence-electron chi connectivity index (χ2n) is 6.53. The number of methoxy groups -OCH3 is 1. The Hall–Kier alpha value is -3.61. The van der Waals surface area contributed by atoms with E-state index >= 15 is 0 Å². The Balaban J connectivity index is 1.60. The van der Waals surface area contributed by atoms with Gasteiger partial charge in [0.15, 0.2) is 6.61 Å². The van der Waals surface area contributed by atoms with Crippen LogP contribution in [0.25, 0.3) is 6.08 Å². The Morgan fingerprint density at radius 2 is 1.90 bits per heavy atom. The molecular formula is C22H22N2O5. The summed E-state index contributed by atoms with van der Waals surface area (Å²) in [6.07, 6.45) is 3.45. The van der Waals surface area contributed by atoms with Crippen molar-refractivity contribution in [3.05, 3.63) is 65.9 Å². The maximum Gasteiger partial charge on any atom is 0.308 e. The molecule has 7 nitrogen and oxygen atoms in total. The van der Waals surface area contributed by atoms with Gasteiger partial charge in [-0.2, -0.15) is 0 Å². The fraction of sp³-hybridized carbons (Fsp3) is 0.227. The van der Waals surface area contributed by atoms with Crippen LogP contribution < -0.4 is 10.1 Å². The predicted molar refractivity (Wildman–Crippen MR) is 108 cm³/mol. The van der Waals surface area contributed by atoms with Crippen LogP contribution in [0.3, 0.4) is 0 Å². The molecule has 2 aromatic carbocycles. The average molecular weight is 394 g/mol. The van der Waals surface area contributed by atoms with E-state index in [4.69, 9.17) is 9.47 Å². The molecule has 3 rings (SSSR count). The van der Waals surface area contributed by atoms with Crippen LogP contribution in [0.2, 0.25) is 0 Å². The standard InChI is InChI=1S/C22H22N2O5/c1-15(25)24-11-10-16-6-3-4-9-19(16)20(24)13-22(27)29-14-21(26)23-17-7-5-8-18(12-17)28-2/h3-12,20H,13-14H2,1-2H3,(H,23,26)/t20-/m0/s1. The monoisotopic (exact) mass is 394 g/mol. The molecule has 0 saturated heterocycles. The third-order valence-corrected chi connectivity index (χ3v) is 4.55. The number of hydrogen-bond acceptors (Lipinski definition) is 5. The Morgan fingerprint density at radius 1 is 1.10 bits per heavy atom. The maximum atomic E-state index is 12.4. The molecule has 150 valence electrons. The molecule has 1 aliphatic rings. The van der Waals surface area contributed by atoms with Gasteiger partial charge >= 0.3 is 5.97 Å². The molecule has 0 bridgehead atoms. The number of anilines is 1. The van der Waals surface area contributed by atoms with E-state index in [1.54, 1.807) is 30.5 Å². The van der Waals surface area contributed by atoms with Gasteiger partial charge in [-0.15, -0.1) is 0 Å². The third-order valence-electron chi connectivity index (χ3n) is 4.55. The van der Waals surface area contributed by atoms with Crippen molar-refractivity contribution in [2.75, 3.05) is 19.0 Å². The topological polar surface area (TPSA) is 84.9 Å². The van der Waals surface area contributed by atoms with E-state index in [-0.39, 0.29) is 12.3 Å². The molecule has 1 N–H and O–H groups in total. The highest BCUT2D eigenvalue weighted by Gasteiger charge is 2.28. The van der Waals surface area contributed by atoms with E-state index in [0.717, 1.165) is 11.1 Å². The molecule has 1 atom stereocenters. The van der Waals surface area contributed by atoms with Crippen LogP contribution >= 0.6 is 0 Å². The predicted octanol–water partition coefficient (Wildman–Crippen LogP) is 3.14. The molecule has 2 amide bonds. The van der Waals surface area contributed by atoms with E-state index in [0.29, 0.717) is 11.4 Å². The minimum Gasteiger partial charge on any atom is -0.497 e. The van der Waals surface area contributed by atoms with Crippen molar-refractivity contribution in [1.29, 1.82) is 0 Å². The Morgan fingerprint density at radius 3 is 2.66 bits per heavy atom. The van der Waals surface area contributed by atoms with E-state index in [1.165, 1.54) is 18.9 Å². The summed E-state index contributed by atoms with van der Waals surface area (Å²) in [5, 5.41) is 2.65. The summed E-state index contributed by atoms with van der Waals surface area (Å²) < 4.78 is 10.2. The van der Waals surface area contributed by atoms with Crippen molar-refractivity contribution in [3.63, 3.8) is 0 Å². The fourth-order valence-corrected chi connectivity index (χ4v) is 3.17. The minimum atomic E-state index is -0.563. The molecule has 2 aromatic rings. The molecule has 0 aromatic heterocycles. The molecule has 29 heavy (non-hydrogen) atoms. The summed E-state index contributed by atoms with van der Waals surface area (Å²) in [6.45, 7) is 1.03. The zero-order chi connectivity index (χ0) is 20.8. The van der Waals surface area contributed by atoms with Crippen LogP contribution in [0.5, 0.6) is 5.75 Å². The van der Waals surface area contributed by atoms with Gasteiger partial charge < -0.3 is 19.7 Å². The van der Waals surface area contributed by atoms with E-state index < -0.39 is 24.5 Å². The lowest BCUT2D eigenvalue weighted by molar-refractivity contribution is -0.149. The normalized spacial score (nSPS) is 14.7. The number of benzene rings is 2. The van der Waals surface area contributed by atoms with Crippen LogP contribution in [0.15, 0.2) is 54.7 Å². The number of hydrogen-bond donors (Lipinski definition) is 1. The number of carbonyl (C=O) groups is 3. The highest BCUT2D eigenvalue weighted by atomic mass is 16.5. The first-order valence-corrected chi connectivity index (χ1v) is 9.13. The first-order valence-electron chi connectivity index (χ1n) is 9.13. The van der Waals surface area contributed by atoms with Crippen molar-refractivity contribution >= 4 is 29.5 Å². The van der Waals surface area contributed by atoms with E-state index in [2.05, 4.69) is 5.32 Å². The number of carbonyl (C=O) groups excluding carboxylic acids is 3. The van der Waals surface area contributed by atoms with Crippen LogP contribution in [-0.4, -0.2) is 36.4 Å². The largest absolute Gasteiger partial charge is 0.497 e. The van der Waals surface area contributed by atoms with Crippen molar-refractivity contribution in [3.8, 4) is 5.75 Å². The SMILES string of the molecule is COc1cccc(NC(=O)COC(=O)C[C@H]2c3ccccc3C=CN2C(C)=O)c1. The van der Waals surface area contributed by atoms with Gasteiger partial charge in [0.25, 0.3) is 5.91 Å². The second kappa shape index (κ2) is 9.05. The molecule has 0 fully saturated rings.